The lowest BCUT2D eigenvalue weighted by molar-refractivity contribution is 0.586. The number of hydrogen-bond acceptors (Lipinski definition) is 2. The van der Waals surface area contributed by atoms with Crippen molar-refractivity contribution < 1.29 is 0 Å². The highest BCUT2D eigenvalue weighted by atomic mass is 15.0. The fourth-order valence-corrected chi connectivity index (χ4v) is 2.04. The van der Waals surface area contributed by atoms with Crippen LogP contribution in [0.2, 0.25) is 0 Å². The Kier molecular flexibility index (Phi) is 1.47. The summed E-state index contributed by atoms with van der Waals surface area (Å²) in [6.07, 6.45) is 4.22. The van der Waals surface area contributed by atoms with Crippen LogP contribution in [0.1, 0.15) is 18.4 Å². The van der Waals surface area contributed by atoms with E-state index in [1.165, 1.54) is 18.4 Å². The van der Waals surface area contributed by atoms with Gasteiger partial charge in [-0.05, 0) is 37.6 Å². The molecule has 1 saturated carbocycles. The summed E-state index contributed by atoms with van der Waals surface area (Å²) >= 11 is 0. The first-order valence-electron chi connectivity index (χ1n) is 4.97. The number of aromatic amines is 1. The normalized spacial score (nSPS) is 18.6. The smallest absolute Gasteiger partial charge is 0.0931 e. The predicted octanol–water partition coefficient (Wildman–Crippen LogP) is 1.77. The molecule has 0 atom stereocenters. The number of nitrogens with one attached hydrogen (secondary N) is 2. The lowest BCUT2D eigenvalue weighted by atomic mass is 10.0. The largest absolute Gasteiger partial charge is 0.345 e. The first-order chi connectivity index (χ1) is 6.84. The molecule has 1 aliphatic rings. The summed E-state index contributed by atoms with van der Waals surface area (Å²) < 4.78 is 0. The molecule has 3 nitrogen and oxygen atoms in total. The molecule has 0 bridgehead atoms. The van der Waals surface area contributed by atoms with E-state index in [9.17, 15) is 0 Å². The summed E-state index contributed by atoms with van der Waals surface area (Å²) in [6.45, 7) is 0. The molecule has 72 valence electrons. The van der Waals surface area contributed by atoms with Crippen LogP contribution in [-0.2, 0) is 5.54 Å². The molecular weight excluding hydrogens is 174 g/mol. The standard InChI is InChI=1S/C11H13N3/c1-12-11(4-5-11)8-2-3-9-10(6-8)14-7-13-9/h2-3,6-7,12H,4-5H2,1H3,(H,13,14). The number of nitrogens with zero attached hydrogens (tertiary/aromatic N) is 1. The Morgan fingerprint density at radius 1 is 1.43 bits per heavy atom. The summed E-state index contributed by atoms with van der Waals surface area (Å²) in [4.78, 5) is 7.36. The maximum Gasteiger partial charge on any atom is 0.0931 e. The second-order valence-corrected chi connectivity index (χ2v) is 3.97. The van der Waals surface area contributed by atoms with E-state index in [-0.39, 0.29) is 5.54 Å². The number of rotatable bonds is 2. The molecule has 0 unspecified atom stereocenters. The second kappa shape index (κ2) is 2.58. The summed E-state index contributed by atoms with van der Waals surface area (Å²) in [6, 6.07) is 6.46. The van der Waals surface area contributed by atoms with Gasteiger partial charge in [0.25, 0.3) is 0 Å². The highest BCUT2D eigenvalue weighted by molar-refractivity contribution is 5.75. The minimum atomic E-state index is 0.249. The van der Waals surface area contributed by atoms with Crippen molar-refractivity contribution in [2.24, 2.45) is 0 Å². The first kappa shape index (κ1) is 8.00. The van der Waals surface area contributed by atoms with Gasteiger partial charge >= 0.3 is 0 Å². The zero-order valence-corrected chi connectivity index (χ0v) is 8.17. The van der Waals surface area contributed by atoms with Crippen LogP contribution in [-0.4, -0.2) is 17.0 Å². The van der Waals surface area contributed by atoms with Gasteiger partial charge in [0.05, 0.1) is 17.4 Å². The maximum absolute atomic E-state index is 4.21. The molecule has 14 heavy (non-hydrogen) atoms. The van der Waals surface area contributed by atoms with Gasteiger partial charge in [-0.1, -0.05) is 6.07 Å². The van der Waals surface area contributed by atoms with E-state index in [1.54, 1.807) is 6.33 Å². The minimum absolute atomic E-state index is 0.249. The van der Waals surface area contributed by atoms with Gasteiger partial charge in [0.15, 0.2) is 0 Å². The van der Waals surface area contributed by atoms with E-state index in [0.29, 0.717) is 0 Å². The number of fused-ring (bicyclic) bond motifs is 1. The summed E-state index contributed by atoms with van der Waals surface area (Å²) in [5, 5.41) is 3.39. The summed E-state index contributed by atoms with van der Waals surface area (Å²) in [5.74, 6) is 0. The monoisotopic (exact) mass is 187 g/mol. The van der Waals surface area contributed by atoms with Gasteiger partial charge < -0.3 is 10.3 Å². The first-order valence-corrected chi connectivity index (χ1v) is 4.97. The highest BCUT2D eigenvalue weighted by Crippen LogP contribution is 2.45. The topological polar surface area (TPSA) is 40.7 Å². The molecule has 0 aliphatic heterocycles. The summed E-state index contributed by atoms with van der Waals surface area (Å²) in [5.41, 5.74) is 3.79. The minimum Gasteiger partial charge on any atom is -0.345 e. The van der Waals surface area contributed by atoms with Crippen molar-refractivity contribution in [3.63, 3.8) is 0 Å². The van der Waals surface area contributed by atoms with E-state index in [1.807, 2.05) is 7.05 Å². The molecular formula is C11H13N3. The van der Waals surface area contributed by atoms with E-state index < -0.39 is 0 Å². The van der Waals surface area contributed by atoms with Crippen LogP contribution in [0.15, 0.2) is 24.5 Å². The molecule has 1 fully saturated rings. The Morgan fingerprint density at radius 2 is 2.29 bits per heavy atom. The van der Waals surface area contributed by atoms with Crippen molar-refractivity contribution in [2.75, 3.05) is 7.05 Å². The van der Waals surface area contributed by atoms with Gasteiger partial charge in [0, 0.05) is 5.54 Å². The molecule has 0 saturated heterocycles. The lowest BCUT2D eigenvalue weighted by Gasteiger charge is -2.14. The zero-order chi connectivity index (χ0) is 9.60. The number of imidazole rings is 1. The third-order valence-electron chi connectivity index (χ3n) is 3.20. The average Bonchev–Trinajstić information content (AvgIpc) is 2.89. The fourth-order valence-electron chi connectivity index (χ4n) is 2.04. The maximum atomic E-state index is 4.21. The van der Waals surface area contributed by atoms with Crippen LogP contribution in [0.5, 0.6) is 0 Å². The molecule has 0 amide bonds. The highest BCUT2D eigenvalue weighted by Gasteiger charge is 2.42. The summed E-state index contributed by atoms with van der Waals surface area (Å²) in [7, 11) is 2.03. The Balaban J connectivity index is 2.13. The van der Waals surface area contributed by atoms with Crippen LogP contribution in [0.3, 0.4) is 0 Å². The van der Waals surface area contributed by atoms with E-state index in [0.717, 1.165) is 11.0 Å². The van der Waals surface area contributed by atoms with E-state index >= 15 is 0 Å². The van der Waals surface area contributed by atoms with Crippen molar-refractivity contribution in [3.05, 3.63) is 30.1 Å². The van der Waals surface area contributed by atoms with Crippen molar-refractivity contribution in [2.45, 2.75) is 18.4 Å². The molecule has 0 spiro atoms. The van der Waals surface area contributed by atoms with E-state index in [2.05, 4.69) is 33.5 Å². The van der Waals surface area contributed by atoms with Crippen LogP contribution in [0.4, 0.5) is 0 Å². The number of aromatic nitrogens is 2. The van der Waals surface area contributed by atoms with Gasteiger partial charge in [-0.15, -0.1) is 0 Å². The quantitative estimate of drug-likeness (QED) is 0.752. The van der Waals surface area contributed by atoms with Gasteiger partial charge in [-0.25, -0.2) is 4.98 Å². The van der Waals surface area contributed by atoms with Gasteiger partial charge in [-0.2, -0.15) is 0 Å². The SMILES string of the molecule is CNC1(c2ccc3nc[nH]c3c2)CC1. The number of benzene rings is 1. The molecule has 1 aromatic heterocycles. The molecule has 2 N–H and O–H groups in total. The Morgan fingerprint density at radius 3 is 3.00 bits per heavy atom. The van der Waals surface area contributed by atoms with Gasteiger partial charge in [0.1, 0.15) is 0 Å². The van der Waals surface area contributed by atoms with Crippen molar-refractivity contribution in [3.8, 4) is 0 Å². The number of hydrogen-bond donors (Lipinski definition) is 2. The van der Waals surface area contributed by atoms with Crippen LogP contribution < -0.4 is 5.32 Å². The fraction of sp³-hybridized carbons (Fsp3) is 0.364. The van der Waals surface area contributed by atoms with Crippen molar-refractivity contribution in [1.82, 2.24) is 15.3 Å². The molecule has 1 aromatic carbocycles. The third kappa shape index (κ3) is 0.990. The zero-order valence-electron chi connectivity index (χ0n) is 8.17. The van der Waals surface area contributed by atoms with Crippen LogP contribution >= 0.6 is 0 Å². The molecule has 0 radical (unpaired) electrons. The Labute approximate surface area is 82.5 Å². The Bertz CT molecular complexity index is 468. The van der Waals surface area contributed by atoms with Crippen molar-refractivity contribution in [1.29, 1.82) is 0 Å². The predicted molar refractivity (Wildman–Crippen MR) is 56.1 cm³/mol. The number of H-pyrrole nitrogens is 1. The van der Waals surface area contributed by atoms with Crippen molar-refractivity contribution >= 4 is 11.0 Å². The lowest BCUT2D eigenvalue weighted by Crippen LogP contribution is -2.24. The van der Waals surface area contributed by atoms with Crippen LogP contribution in [0.25, 0.3) is 11.0 Å². The molecule has 1 heterocycles. The van der Waals surface area contributed by atoms with Gasteiger partial charge in [-0.3, -0.25) is 0 Å². The third-order valence-corrected chi connectivity index (χ3v) is 3.20. The average molecular weight is 187 g/mol. The van der Waals surface area contributed by atoms with Gasteiger partial charge in [0.2, 0.25) is 0 Å². The Hall–Kier alpha value is -1.35. The molecule has 3 rings (SSSR count). The molecule has 1 aliphatic carbocycles. The van der Waals surface area contributed by atoms with E-state index in [4.69, 9.17) is 0 Å². The molecule has 2 aromatic rings. The van der Waals surface area contributed by atoms with Crippen LogP contribution in [0, 0.1) is 0 Å². The second-order valence-electron chi connectivity index (χ2n) is 3.97. The molecule has 3 heteroatoms.